The molecule has 1 aromatic carbocycles. The van der Waals surface area contributed by atoms with Crippen LogP contribution in [0.5, 0.6) is 12.0 Å². The second kappa shape index (κ2) is 9.38. The van der Waals surface area contributed by atoms with Crippen LogP contribution < -0.4 is 24.7 Å². The van der Waals surface area contributed by atoms with Crippen LogP contribution in [0.25, 0.3) is 0 Å². The van der Waals surface area contributed by atoms with E-state index in [0.29, 0.717) is 0 Å². The van der Waals surface area contributed by atoms with E-state index in [2.05, 4.69) is 20.3 Å². The summed E-state index contributed by atoms with van der Waals surface area (Å²) < 4.78 is 60.4. The van der Waals surface area contributed by atoms with E-state index in [9.17, 15) is 21.6 Å². The molecule has 2 amide bonds. The summed E-state index contributed by atoms with van der Waals surface area (Å²) in [4.78, 5) is 22.5. The molecular formula is C14H17ClN6O7S2. The largest absolute Gasteiger partial charge is 0.467 e. The fraction of sp³-hybridized carbons (Fsp3) is 0.286. The van der Waals surface area contributed by atoms with Gasteiger partial charge in [0.1, 0.15) is 0 Å². The summed E-state index contributed by atoms with van der Waals surface area (Å²) in [6.45, 7) is 0. The second-order valence-corrected chi connectivity index (χ2v) is 8.97. The summed E-state index contributed by atoms with van der Waals surface area (Å²) in [7, 11) is -6.23. The first-order chi connectivity index (χ1) is 14.0. The molecule has 0 atom stereocenters. The Morgan fingerprint density at radius 1 is 1.07 bits per heavy atom. The average Bonchev–Trinajstić information content (AvgIpc) is 2.66. The van der Waals surface area contributed by atoms with Crippen molar-refractivity contribution in [3.63, 3.8) is 0 Å². The molecular weight excluding hydrogens is 464 g/mol. The van der Waals surface area contributed by atoms with Crippen molar-refractivity contribution in [1.29, 1.82) is 0 Å². The fourth-order valence-corrected chi connectivity index (χ4v) is 4.56. The predicted molar refractivity (Wildman–Crippen MR) is 105 cm³/mol. The summed E-state index contributed by atoms with van der Waals surface area (Å²) in [5.74, 6) is -0.447. The van der Waals surface area contributed by atoms with E-state index >= 15 is 0 Å². The van der Waals surface area contributed by atoms with E-state index in [1.165, 1.54) is 20.3 Å². The number of carbonyl (C=O) groups is 1. The van der Waals surface area contributed by atoms with E-state index in [1.807, 2.05) is 0 Å². The standard InChI is InChI=1S/C14H17ClN6O7S2/c1-27-13-18-11(19-14(20-13)28-2)17-12(22)21-30(25,26)10-5-3-4-9(29(16,23)24)8(10)6-7-15/h3-5H,6-7H2,1-2H3,(H2,16,23,24)(H2,17,18,19,20,21,22). The Hall–Kier alpha value is -2.75. The van der Waals surface area contributed by atoms with Gasteiger partial charge in [0.05, 0.1) is 24.0 Å². The minimum Gasteiger partial charge on any atom is -0.467 e. The number of amides is 2. The lowest BCUT2D eigenvalue weighted by molar-refractivity contribution is 0.256. The van der Waals surface area contributed by atoms with Gasteiger partial charge in [-0.2, -0.15) is 9.97 Å². The summed E-state index contributed by atoms with van der Waals surface area (Å²) in [5, 5.41) is 7.24. The van der Waals surface area contributed by atoms with Crippen molar-refractivity contribution in [1.82, 2.24) is 19.7 Å². The molecule has 0 fully saturated rings. The average molecular weight is 481 g/mol. The van der Waals surface area contributed by atoms with Crippen LogP contribution in [-0.4, -0.2) is 57.9 Å². The monoisotopic (exact) mass is 480 g/mol. The van der Waals surface area contributed by atoms with Crippen molar-refractivity contribution < 1.29 is 31.1 Å². The number of urea groups is 1. The first kappa shape index (κ1) is 23.5. The highest BCUT2D eigenvalue weighted by atomic mass is 35.5. The third kappa shape index (κ3) is 5.65. The molecule has 2 aromatic rings. The lowest BCUT2D eigenvalue weighted by Gasteiger charge is -2.14. The minimum atomic E-state index is -4.52. The number of aromatic nitrogens is 3. The van der Waals surface area contributed by atoms with Crippen molar-refractivity contribution >= 4 is 43.6 Å². The highest BCUT2D eigenvalue weighted by Gasteiger charge is 2.26. The first-order valence-corrected chi connectivity index (χ1v) is 11.5. The predicted octanol–water partition coefficient (Wildman–Crippen LogP) is -0.172. The molecule has 1 aromatic heterocycles. The molecule has 4 N–H and O–H groups in total. The highest BCUT2D eigenvalue weighted by molar-refractivity contribution is 7.90. The molecule has 0 aliphatic carbocycles. The van der Waals surface area contributed by atoms with E-state index < -0.39 is 35.9 Å². The molecule has 2 rings (SSSR count). The Bertz CT molecular complexity index is 1140. The number of rotatable bonds is 8. The number of methoxy groups -OCH3 is 2. The summed E-state index contributed by atoms with van der Waals surface area (Å²) in [6.07, 6.45) is -0.131. The number of ether oxygens (including phenoxy) is 2. The van der Waals surface area contributed by atoms with Gasteiger partial charge in [-0.15, -0.1) is 16.6 Å². The third-order valence-corrected chi connectivity index (χ3v) is 6.04. The minimum absolute atomic E-state index is 0.0916. The Kier molecular flexibility index (Phi) is 7.35. The molecule has 16 heteroatoms. The highest BCUT2D eigenvalue weighted by Crippen LogP contribution is 2.24. The number of hydrogen-bond acceptors (Lipinski definition) is 10. The van der Waals surface area contributed by atoms with Crippen LogP contribution in [0.3, 0.4) is 0 Å². The lowest BCUT2D eigenvalue weighted by Crippen LogP contribution is -2.35. The second-order valence-electron chi connectivity index (χ2n) is 5.41. The van der Waals surface area contributed by atoms with Crippen molar-refractivity contribution in [2.75, 3.05) is 25.4 Å². The number of nitrogens with two attached hydrogens (primary N) is 1. The number of halogens is 1. The van der Waals surface area contributed by atoms with Crippen molar-refractivity contribution in [3.05, 3.63) is 23.8 Å². The van der Waals surface area contributed by atoms with Gasteiger partial charge in [-0.05, 0) is 24.1 Å². The van der Waals surface area contributed by atoms with Gasteiger partial charge in [0.15, 0.2) is 0 Å². The van der Waals surface area contributed by atoms with Crippen LogP contribution in [0, 0.1) is 0 Å². The SMILES string of the molecule is COc1nc(NC(=O)NS(=O)(=O)c2cccc(S(N)(=O)=O)c2CCCl)nc(OC)n1. The Morgan fingerprint density at radius 3 is 2.13 bits per heavy atom. The number of sulfonamides is 2. The van der Waals surface area contributed by atoms with Crippen molar-refractivity contribution in [2.45, 2.75) is 16.2 Å². The van der Waals surface area contributed by atoms with Gasteiger partial charge in [0.2, 0.25) is 16.0 Å². The van der Waals surface area contributed by atoms with Gasteiger partial charge in [0.25, 0.3) is 10.0 Å². The molecule has 0 bridgehead atoms. The van der Waals surface area contributed by atoms with Crippen LogP contribution in [0.15, 0.2) is 28.0 Å². The van der Waals surface area contributed by atoms with E-state index in [1.54, 1.807) is 4.72 Å². The van der Waals surface area contributed by atoms with Crippen LogP contribution in [-0.2, 0) is 26.5 Å². The summed E-state index contributed by atoms with van der Waals surface area (Å²) in [5.41, 5.74) is -0.154. The molecule has 0 spiro atoms. The van der Waals surface area contributed by atoms with Crippen molar-refractivity contribution in [3.8, 4) is 12.0 Å². The molecule has 0 radical (unpaired) electrons. The van der Waals surface area contributed by atoms with E-state index in [0.717, 1.165) is 12.1 Å². The zero-order valence-electron chi connectivity index (χ0n) is 15.6. The first-order valence-electron chi connectivity index (χ1n) is 7.90. The molecule has 0 aliphatic heterocycles. The topological polar surface area (TPSA) is 193 Å². The number of benzene rings is 1. The number of alkyl halides is 1. The maximum atomic E-state index is 12.7. The molecule has 0 saturated heterocycles. The zero-order chi connectivity index (χ0) is 22.5. The maximum Gasteiger partial charge on any atom is 0.335 e. The number of hydrogen-bond donors (Lipinski definition) is 3. The number of nitrogens with zero attached hydrogens (tertiary/aromatic N) is 3. The molecule has 1 heterocycles. The van der Waals surface area contributed by atoms with Gasteiger partial charge >= 0.3 is 18.1 Å². The lowest BCUT2D eigenvalue weighted by atomic mass is 10.2. The molecule has 30 heavy (non-hydrogen) atoms. The molecule has 0 aliphatic rings. The quantitative estimate of drug-likeness (QED) is 0.427. The smallest absolute Gasteiger partial charge is 0.335 e. The number of anilines is 1. The summed E-state index contributed by atoms with van der Waals surface area (Å²) in [6, 6.07) is 1.81. The van der Waals surface area contributed by atoms with Crippen LogP contribution in [0.1, 0.15) is 5.56 Å². The van der Waals surface area contributed by atoms with Crippen molar-refractivity contribution in [2.24, 2.45) is 5.14 Å². The third-order valence-electron chi connectivity index (χ3n) is 3.44. The summed E-state index contributed by atoms with van der Waals surface area (Å²) >= 11 is 5.67. The Balaban J connectivity index is 2.36. The van der Waals surface area contributed by atoms with E-state index in [-0.39, 0.29) is 35.8 Å². The van der Waals surface area contributed by atoms with Gasteiger partial charge in [0, 0.05) is 5.88 Å². The Labute approximate surface area is 177 Å². The normalized spacial score (nSPS) is 11.6. The van der Waals surface area contributed by atoms with Crippen LogP contribution in [0.2, 0.25) is 0 Å². The zero-order valence-corrected chi connectivity index (χ0v) is 18.0. The number of carbonyl (C=O) groups excluding carboxylic acids is 1. The molecule has 0 unspecified atom stereocenters. The fourth-order valence-electron chi connectivity index (χ4n) is 2.29. The molecule has 0 saturated carbocycles. The van der Waals surface area contributed by atoms with Gasteiger partial charge in [-0.25, -0.2) is 31.5 Å². The van der Waals surface area contributed by atoms with Crippen LogP contribution in [0.4, 0.5) is 10.7 Å². The molecule has 164 valence electrons. The molecule has 13 nitrogen and oxygen atoms in total. The van der Waals surface area contributed by atoms with E-state index in [4.69, 9.17) is 26.2 Å². The van der Waals surface area contributed by atoms with Gasteiger partial charge in [-0.3, -0.25) is 5.32 Å². The number of primary sulfonamides is 1. The van der Waals surface area contributed by atoms with Crippen LogP contribution >= 0.6 is 11.6 Å². The Morgan fingerprint density at radius 2 is 1.63 bits per heavy atom. The number of nitrogens with one attached hydrogen (secondary N) is 2. The van der Waals surface area contributed by atoms with Gasteiger partial charge < -0.3 is 9.47 Å². The maximum absolute atomic E-state index is 12.7. The van der Waals surface area contributed by atoms with Gasteiger partial charge in [-0.1, -0.05) is 6.07 Å².